The topological polar surface area (TPSA) is 64.6 Å². The fourth-order valence-electron chi connectivity index (χ4n) is 3.82. The normalized spacial score (nSPS) is 29.3. The molecule has 0 heterocycles. The maximum atomic E-state index is 12.0. The molecule has 2 aliphatic rings. The summed E-state index contributed by atoms with van der Waals surface area (Å²) in [6.07, 6.45) is 7.90. The van der Waals surface area contributed by atoms with E-state index in [0.29, 0.717) is 31.0 Å². The van der Waals surface area contributed by atoms with Crippen molar-refractivity contribution in [3.63, 3.8) is 0 Å². The molecule has 0 aromatic rings. The molecule has 2 aliphatic carbocycles. The number of carbonyl (C=O) groups excluding carboxylic acids is 2. The number of hydrogen-bond donors (Lipinski definition) is 1. The molecular formula is C20H37NO4. The first kappa shape index (κ1) is 20.4. The highest BCUT2D eigenvalue weighted by atomic mass is 16.5. The van der Waals surface area contributed by atoms with Crippen LogP contribution in [0.15, 0.2) is 0 Å². The van der Waals surface area contributed by atoms with Gasteiger partial charge in [-0.1, -0.05) is 13.8 Å². The maximum absolute atomic E-state index is 12.0. The summed E-state index contributed by atoms with van der Waals surface area (Å²) in [5.74, 6) is 0.671. The van der Waals surface area contributed by atoms with Crippen LogP contribution in [0.2, 0.25) is 0 Å². The third kappa shape index (κ3) is 6.70. The Morgan fingerprint density at radius 3 is 2.24 bits per heavy atom. The Morgan fingerprint density at radius 2 is 1.68 bits per heavy atom. The molecule has 0 bridgehead atoms. The first-order valence-corrected chi connectivity index (χ1v) is 10.1. The van der Waals surface area contributed by atoms with Gasteiger partial charge in [-0.2, -0.15) is 0 Å². The lowest BCUT2D eigenvalue weighted by Crippen LogP contribution is -2.47. The third-order valence-electron chi connectivity index (χ3n) is 5.40. The second-order valence-corrected chi connectivity index (χ2v) is 7.82. The zero-order chi connectivity index (χ0) is 18.2. The Bertz CT molecular complexity index is 430. The van der Waals surface area contributed by atoms with Crippen molar-refractivity contribution in [2.24, 2.45) is 11.8 Å². The minimum atomic E-state index is 0. The van der Waals surface area contributed by atoms with Gasteiger partial charge in [0.15, 0.2) is 0 Å². The highest BCUT2D eigenvalue weighted by Crippen LogP contribution is 2.30. The van der Waals surface area contributed by atoms with Crippen molar-refractivity contribution < 1.29 is 20.5 Å². The monoisotopic (exact) mass is 355 g/mol. The smallest absolute Gasteiger partial charge is 0.220 e. The lowest BCUT2D eigenvalue weighted by atomic mass is 9.75. The van der Waals surface area contributed by atoms with Gasteiger partial charge in [0.2, 0.25) is 5.91 Å². The van der Waals surface area contributed by atoms with Gasteiger partial charge in [-0.25, -0.2) is 0 Å². The summed E-state index contributed by atoms with van der Waals surface area (Å²) in [7, 11) is 0. The number of carbonyl (C=O) groups is 2. The first-order chi connectivity index (χ1) is 12.0. The van der Waals surface area contributed by atoms with Crippen LogP contribution >= 0.6 is 0 Å². The van der Waals surface area contributed by atoms with Crippen molar-refractivity contribution in [3.8, 4) is 0 Å². The summed E-state index contributed by atoms with van der Waals surface area (Å²) in [4.78, 5) is 23.8. The van der Waals surface area contributed by atoms with E-state index in [2.05, 4.69) is 5.32 Å². The summed E-state index contributed by atoms with van der Waals surface area (Å²) in [5.41, 5.74) is 0. The van der Waals surface area contributed by atoms with Gasteiger partial charge >= 0.3 is 0 Å². The van der Waals surface area contributed by atoms with Crippen molar-refractivity contribution in [2.45, 2.75) is 90.4 Å². The van der Waals surface area contributed by atoms with E-state index in [0.717, 1.165) is 51.6 Å². The Labute approximate surface area is 153 Å². The van der Waals surface area contributed by atoms with Crippen molar-refractivity contribution in [2.75, 3.05) is 13.2 Å². The SMILES string of the molecule is CCOC1CCC(OCCCC(=O)NC2CC(C(=O)C(C)C)C2)CC1.[HH]. The average molecular weight is 356 g/mol. The van der Waals surface area contributed by atoms with E-state index in [9.17, 15) is 9.59 Å². The van der Waals surface area contributed by atoms with Crippen LogP contribution in [0.5, 0.6) is 0 Å². The van der Waals surface area contributed by atoms with E-state index in [1.807, 2.05) is 20.8 Å². The number of hydrogen-bond acceptors (Lipinski definition) is 4. The number of nitrogens with one attached hydrogen (secondary N) is 1. The molecule has 0 aliphatic heterocycles. The third-order valence-corrected chi connectivity index (χ3v) is 5.40. The van der Waals surface area contributed by atoms with Gasteiger partial charge in [0.1, 0.15) is 5.78 Å². The van der Waals surface area contributed by atoms with E-state index in [1.165, 1.54) is 0 Å². The van der Waals surface area contributed by atoms with Crippen molar-refractivity contribution >= 4 is 11.7 Å². The highest BCUT2D eigenvalue weighted by Gasteiger charge is 2.35. The van der Waals surface area contributed by atoms with Crippen LogP contribution in [-0.2, 0) is 19.1 Å². The van der Waals surface area contributed by atoms with Gasteiger partial charge in [0, 0.05) is 38.9 Å². The van der Waals surface area contributed by atoms with Gasteiger partial charge in [-0.15, -0.1) is 0 Å². The molecule has 0 aromatic carbocycles. The van der Waals surface area contributed by atoms with Gasteiger partial charge in [-0.3, -0.25) is 9.59 Å². The first-order valence-electron chi connectivity index (χ1n) is 10.1. The maximum Gasteiger partial charge on any atom is 0.220 e. The molecule has 0 atom stereocenters. The number of Topliss-reactive ketones (excluding diaryl/α,β-unsaturated/α-hetero) is 1. The summed E-state index contributed by atoms with van der Waals surface area (Å²) in [6.45, 7) is 7.36. The van der Waals surface area contributed by atoms with Crippen molar-refractivity contribution in [3.05, 3.63) is 0 Å². The second-order valence-electron chi connectivity index (χ2n) is 7.82. The van der Waals surface area contributed by atoms with E-state index in [-0.39, 0.29) is 25.2 Å². The van der Waals surface area contributed by atoms with Gasteiger partial charge in [0.05, 0.1) is 12.2 Å². The number of amides is 1. The molecule has 2 fully saturated rings. The summed E-state index contributed by atoms with van der Waals surface area (Å²) in [5, 5.41) is 3.04. The van der Waals surface area contributed by atoms with E-state index in [4.69, 9.17) is 9.47 Å². The molecule has 2 saturated carbocycles. The summed E-state index contributed by atoms with van der Waals surface area (Å²) < 4.78 is 11.5. The molecule has 0 radical (unpaired) electrons. The molecule has 146 valence electrons. The molecule has 0 saturated heterocycles. The Balaban J connectivity index is 0.00000338. The van der Waals surface area contributed by atoms with Gasteiger partial charge in [-0.05, 0) is 51.9 Å². The zero-order valence-electron chi connectivity index (χ0n) is 16.1. The number of ether oxygens (including phenoxy) is 2. The lowest BCUT2D eigenvalue weighted by Gasteiger charge is -2.35. The van der Waals surface area contributed by atoms with Crippen LogP contribution in [-0.4, -0.2) is 43.2 Å². The average Bonchev–Trinajstić information content (AvgIpc) is 2.55. The van der Waals surface area contributed by atoms with Crippen LogP contribution in [0.25, 0.3) is 0 Å². The molecule has 0 unspecified atom stereocenters. The Morgan fingerprint density at radius 1 is 1.08 bits per heavy atom. The minimum absolute atomic E-state index is 0. The molecule has 1 N–H and O–H groups in total. The molecule has 5 heteroatoms. The van der Waals surface area contributed by atoms with Gasteiger partial charge in [0.25, 0.3) is 0 Å². The van der Waals surface area contributed by atoms with Crippen LogP contribution < -0.4 is 5.32 Å². The highest BCUT2D eigenvalue weighted by molar-refractivity contribution is 5.84. The van der Waals surface area contributed by atoms with Crippen LogP contribution in [0.4, 0.5) is 0 Å². The quantitative estimate of drug-likeness (QED) is 0.609. The second kappa shape index (κ2) is 10.3. The Hall–Kier alpha value is -0.940. The molecular weight excluding hydrogens is 318 g/mol. The minimum Gasteiger partial charge on any atom is -0.379 e. The summed E-state index contributed by atoms with van der Waals surface area (Å²) in [6, 6.07) is 0.190. The van der Waals surface area contributed by atoms with E-state index >= 15 is 0 Å². The predicted molar refractivity (Wildman–Crippen MR) is 99.5 cm³/mol. The predicted octanol–water partition coefficient (Wildman–Crippen LogP) is 3.50. The Kier molecular flexibility index (Phi) is 8.37. The molecule has 2 rings (SSSR count). The van der Waals surface area contributed by atoms with Crippen molar-refractivity contribution in [1.29, 1.82) is 0 Å². The standard InChI is InChI=1S/C20H35NO4.H2/c1-4-24-17-7-9-18(10-8-17)25-11-5-6-19(22)21-16-12-15(13-16)20(23)14(2)3;/h14-18H,4-13H2,1-3H3,(H,21,22);1H. The molecule has 0 spiro atoms. The molecule has 5 nitrogen and oxygen atoms in total. The van der Waals surface area contributed by atoms with Crippen LogP contribution in [0, 0.1) is 11.8 Å². The number of rotatable bonds is 10. The van der Waals surface area contributed by atoms with Gasteiger partial charge < -0.3 is 14.8 Å². The molecule has 0 aromatic heterocycles. The fraction of sp³-hybridized carbons (Fsp3) is 0.900. The number of ketones is 1. The fourth-order valence-corrected chi connectivity index (χ4v) is 3.82. The summed E-state index contributed by atoms with van der Waals surface area (Å²) >= 11 is 0. The largest absolute Gasteiger partial charge is 0.379 e. The van der Waals surface area contributed by atoms with Crippen molar-refractivity contribution in [1.82, 2.24) is 5.32 Å². The lowest BCUT2D eigenvalue weighted by molar-refractivity contribution is -0.131. The van der Waals surface area contributed by atoms with Crippen LogP contribution in [0.1, 0.15) is 73.6 Å². The van der Waals surface area contributed by atoms with E-state index < -0.39 is 0 Å². The zero-order valence-corrected chi connectivity index (χ0v) is 16.1. The molecule has 25 heavy (non-hydrogen) atoms. The van der Waals surface area contributed by atoms with E-state index in [1.54, 1.807) is 0 Å². The molecule has 1 amide bonds. The van der Waals surface area contributed by atoms with Crippen LogP contribution in [0.3, 0.4) is 0 Å².